The molecular formula is C10H19N5O3S. The van der Waals surface area contributed by atoms with Gasteiger partial charge >= 0.3 is 0 Å². The van der Waals surface area contributed by atoms with Gasteiger partial charge in [-0.05, 0) is 19.4 Å². The highest BCUT2D eigenvalue weighted by atomic mass is 32.2. The van der Waals surface area contributed by atoms with Gasteiger partial charge in [0.25, 0.3) is 0 Å². The van der Waals surface area contributed by atoms with Crippen molar-refractivity contribution in [1.82, 2.24) is 15.0 Å². The van der Waals surface area contributed by atoms with Crippen LogP contribution in [0.25, 0.3) is 0 Å². The largest absolute Gasteiger partial charge is 0.370 e. The zero-order valence-electron chi connectivity index (χ0n) is 10.7. The second-order valence-corrected chi connectivity index (χ2v) is 6.54. The first-order chi connectivity index (χ1) is 8.93. The van der Waals surface area contributed by atoms with E-state index in [2.05, 4.69) is 10.3 Å². The van der Waals surface area contributed by atoms with Crippen LogP contribution in [0.4, 0.5) is 0 Å². The average molecular weight is 289 g/mol. The third kappa shape index (κ3) is 6.30. The van der Waals surface area contributed by atoms with Crippen molar-refractivity contribution in [2.24, 2.45) is 11.5 Å². The molecule has 0 unspecified atom stereocenters. The normalized spacial score (nSPS) is 11.6. The van der Waals surface area contributed by atoms with Crippen LogP contribution in [0, 0.1) is 0 Å². The molecule has 8 nitrogen and oxygen atoms in total. The Hall–Kier alpha value is -1.48. The number of nitrogens with zero attached hydrogens (tertiary/aromatic N) is 3. The number of hydrogen-bond donors (Lipinski definition) is 2. The maximum atomic E-state index is 11.6. The van der Waals surface area contributed by atoms with Gasteiger partial charge in [-0.1, -0.05) is 5.21 Å². The molecule has 1 amide bonds. The Kier molecular flexibility index (Phi) is 5.90. The molecule has 0 saturated heterocycles. The summed E-state index contributed by atoms with van der Waals surface area (Å²) in [7, 11) is -3.29. The Morgan fingerprint density at radius 2 is 2.11 bits per heavy atom. The number of carbonyl (C=O) groups is 1. The van der Waals surface area contributed by atoms with E-state index in [-0.39, 0.29) is 24.5 Å². The van der Waals surface area contributed by atoms with Crippen molar-refractivity contribution in [3.8, 4) is 0 Å². The first-order valence-electron chi connectivity index (χ1n) is 6.01. The van der Waals surface area contributed by atoms with Crippen LogP contribution in [-0.2, 0) is 27.6 Å². The summed E-state index contributed by atoms with van der Waals surface area (Å²) < 4.78 is 24.7. The third-order valence-corrected chi connectivity index (χ3v) is 4.14. The van der Waals surface area contributed by atoms with Gasteiger partial charge in [0.2, 0.25) is 5.91 Å². The van der Waals surface area contributed by atoms with Crippen LogP contribution >= 0.6 is 0 Å². The Morgan fingerprint density at radius 3 is 2.74 bits per heavy atom. The monoisotopic (exact) mass is 289 g/mol. The maximum Gasteiger partial charge on any atom is 0.218 e. The molecular weight excluding hydrogens is 270 g/mol. The Bertz CT molecular complexity index is 511. The van der Waals surface area contributed by atoms with Crippen LogP contribution in [0.2, 0.25) is 0 Å². The smallest absolute Gasteiger partial charge is 0.218 e. The van der Waals surface area contributed by atoms with E-state index >= 15 is 0 Å². The number of rotatable bonds is 9. The number of nitrogens with two attached hydrogens (primary N) is 2. The summed E-state index contributed by atoms with van der Waals surface area (Å²) in [6.07, 6.45) is 3.10. The van der Waals surface area contributed by atoms with Gasteiger partial charge in [-0.2, -0.15) is 0 Å². The van der Waals surface area contributed by atoms with E-state index < -0.39 is 15.7 Å². The lowest BCUT2D eigenvalue weighted by Crippen LogP contribution is -2.21. The third-order valence-electron chi connectivity index (χ3n) is 2.51. The Morgan fingerprint density at radius 1 is 1.37 bits per heavy atom. The van der Waals surface area contributed by atoms with Crippen molar-refractivity contribution in [3.05, 3.63) is 11.9 Å². The number of primary amides is 1. The van der Waals surface area contributed by atoms with E-state index in [1.54, 1.807) is 6.20 Å². The van der Waals surface area contributed by atoms with Gasteiger partial charge in [0.1, 0.15) is 0 Å². The van der Waals surface area contributed by atoms with E-state index in [4.69, 9.17) is 11.5 Å². The molecule has 4 N–H and O–H groups in total. The summed E-state index contributed by atoms with van der Waals surface area (Å²) in [5, 5.41) is 7.75. The van der Waals surface area contributed by atoms with E-state index in [0.29, 0.717) is 6.54 Å². The van der Waals surface area contributed by atoms with Crippen LogP contribution in [0.5, 0.6) is 0 Å². The average Bonchev–Trinajstić information content (AvgIpc) is 2.80. The van der Waals surface area contributed by atoms with Crippen molar-refractivity contribution in [1.29, 1.82) is 0 Å². The molecule has 0 fully saturated rings. The van der Waals surface area contributed by atoms with Gasteiger partial charge in [0.15, 0.2) is 9.84 Å². The summed E-state index contributed by atoms with van der Waals surface area (Å²) in [5.74, 6) is -0.926. The van der Waals surface area contributed by atoms with Gasteiger partial charge in [-0.25, -0.2) is 8.42 Å². The van der Waals surface area contributed by atoms with Gasteiger partial charge in [0.05, 0.1) is 23.7 Å². The van der Waals surface area contributed by atoms with Crippen LogP contribution in [0.1, 0.15) is 18.5 Å². The lowest BCUT2D eigenvalue weighted by atomic mass is 10.2. The summed E-state index contributed by atoms with van der Waals surface area (Å²) in [6.45, 7) is 0.797. The van der Waals surface area contributed by atoms with Gasteiger partial charge < -0.3 is 11.5 Å². The molecule has 108 valence electrons. The molecule has 0 aromatic carbocycles. The molecule has 0 radical (unpaired) electrons. The highest BCUT2D eigenvalue weighted by Crippen LogP contribution is 2.00. The highest BCUT2D eigenvalue weighted by Gasteiger charge is 2.13. The van der Waals surface area contributed by atoms with Crippen LogP contribution in [0.3, 0.4) is 0 Å². The van der Waals surface area contributed by atoms with E-state index in [1.165, 1.54) is 4.68 Å². The predicted octanol–water partition coefficient (Wildman–Crippen LogP) is -1.54. The standard InChI is InChI=1S/C10H19N5O3S/c11-4-1-2-9-8-15(14-13-9)5-7-19(17,18)6-3-10(12)16/h8H,1-7,11H2,(H2,12,16). The van der Waals surface area contributed by atoms with Crippen molar-refractivity contribution >= 4 is 15.7 Å². The molecule has 0 saturated carbocycles. The maximum absolute atomic E-state index is 11.6. The molecule has 1 heterocycles. The zero-order chi connectivity index (χ0) is 14.3. The van der Waals surface area contributed by atoms with E-state index in [9.17, 15) is 13.2 Å². The van der Waals surface area contributed by atoms with Crippen LogP contribution in [-0.4, -0.2) is 47.4 Å². The molecule has 0 aliphatic heterocycles. The first kappa shape index (κ1) is 15.6. The topological polar surface area (TPSA) is 134 Å². The summed E-state index contributed by atoms with van der Waals surface area (Å²) in [5.41, 5.74) is 11.1. The summed E-state index contributed by atoms with van der Waals surface area (Å²) in [6, 6.07) is 0. The van der Waals surface area contributed by atoms with E-state index in [0.717, 1.165) is 18.5 Å². The molecule has 0 aliphatic rings. The number of aryl methyl sites for hydroxylation is 2. The minimum atomic E-state index is -3.29. The minimum Gasteiger partial charge on any atom is -0.370 e. The van der Waals surface area contributed by atoms with E-state index in [1.807, 2.05) is 0 Å². The number of carbonyl (C=O) groups excluding carboxylic acids is 1. The predicted molar refractivity (Wildman–Crippen MR) is 69.9 cm³/mol. The molecule has 0 atom stereocenters. The molecule has 0 aliphatic carbocycles. The van der Waals surface area contributed by atoms with Crippen LogP contribution in [0.15, 0.2) is 6.20 Å². The lowest BCUT2D eigenvalue weighted by molar-refractivity contribution is -0.117. The number of sulfone groups is 1. The second kappa shape index (κ2) is 7.19. The minimum absolute atomic E-state index is 0.0834. The number of aromatic nitrogens is 3. The van der Waals surface area contributed by atoms with Gasteiger partial charge in [-0.15, -0.1) is 5.10 Å². The molecule has 19 heavy (non-hydrogen) atoms. The fourth-order valence-corrected chi connectivity index (χ4v) is 2.62. The molecule has 1 aromatic rings. The Labute approximate surface area is 112 Å². The number of hydrogen-bond acceptors (Lipinski definition) is 6. The van der Waals surface area contributed by atoms with Crippen molar-refractivity contribution in [2.45, 2.75) is 25.8 Å². The fourth-order valence-electron chi connectivity index (χ4n) is 1.44. The molecule has 1 aromatic heterocycles. The van der Waals surface area contributed by atoms with Crippen LogP contribution < -0.4 is 11.5 Å². The molecule has 1 rings (SSSR count). The lowest BCUT2D eigenvalue weighted by Gasteiger charge is -2.02. The quantitative estimate of drug-likeness (QED) is 0.566. The SMILES string of the molecule is NCCCc1cn(CCS(=O)(=O)CCC(N)=O)nn1. The fraction of sp³-hybridized carbons (Fsp3) is 0.700. The highest BCUT2D eigenvalue weighted by molar-refractivity contribution is 7.91. The first-order valence-corrected chi connectivity index (χ1v) is 7.83. The second-order valence-electron chi connectivity index (χ2n) is 4.23. The van der Waals surface area contributed by atoms with Crippen molar-refractivity contribution in [3.63, 3.8) is 0 Å². The van der Waals surface area contributed by atoms with Crippen molar-refractivity contribution < 1.29 is 13.2 Å². The summed E-state index contributed by atoms with van der Waals surface area (Å²) in [4.78, 5) is 10.5. The molecule has 9 heteroatoms. The van der Waals surface area contributed by atoms with Crippen molar-refractivity contribution in [2.75, 3.05) is 18.1 Å². The molecule has 0 bridgehead atoms. The summed E-state index contributed by atoms with van der Waals surface area (Å²) >= 11 is 0. The van der Waals surface area contributed by atoms with Gasteiger partial charge in [0, 0.05) is 12.6 Å². The molecule has 0 spiro atoms. The zero-order valence-corrected chi connectivity index (χ0v) is 11.5. The van der Waals surface area contributed by atoms with Gasteiger partial charge in [-0.3, -0.25) is 9.48 Å². The Balaban J connectivity index is 2.43. The number of amides is 1.